The first-order valence-corrected chi connectivity index (χ1v) is 8.57. The van der Waals surface area contributed by atoms with Crippen LogP contribution in [0.15, 0.2) is 29.5 Å². The number of hydrogen-bond acceptors (Lipinski definition) is 4. The fraction of sp³-hybridized carbons (Fsp3) is 0.588. The Morgan fingerprint density at radius 1 is 1.42 bits per heavy atom. The van der Waals surface area contributed by atoms with Gasteiger partial charge in [-0.1, -0.05) is 0 Å². The number of anilines is 1. The molecular formula is C17H26N6O. The molecular weight excluding hydrogens is 304 g/mol. The van der Waals surface area contributed by atoms with Crippen molar-refractivity contribution >= 4 is 17.6 Å². The van der Waals surface area contributed by atoms with Gasteiger partial charge in [0.05, 0.1) is 0 Å². The zero-order valence-electron chi connectivity index (χ0n) is 14.2. The van der Waals surface area contributed by atoms with Crippen LogP contribution in [0.1, 0.15) is 19.3 Å². The number of nitrogens with one attached hydrogen (secondary N) is 3. The van der Waals surface area contributed by atoms with Crippen molar-refractivity contribution in [3.05, 3.63) is 24.5 Å². The number of likely N-dealkylation sites (tertiary alicyclic amines) is 1. The highest BCUT2D eigenvalue weighted by atomic mass is 16.1. The lowest BCUT2D eigenvalue weighted by Gasteiger charge is -2.40. The second-order valence-corrected chi connectivity index (χ2v) is 6.62. The minimum Gasteiger partial charge on any atom is -0.383 e. The lowest BCUT2D eigenvalue weighted by Crippen LogP contribution is -2.51. The second-order valence-electron chi connectivity index (χ2n) is 6.62. The molecule has 2 aliphatic rings. The van der Waals surface area contributed by atoms with Crippen molar-refractivity contribution in [1.82, 2.24) is 20.5 Å². The number of carbonyl (C=O) groups excluding carboxylic acids is 1. The summed E-state index contributed by atoms with van der Waals surface area (Å²) in [4.78, 5) is 22.3. The summed E-state index contributed by atoms with van der Waals surface area (Å²) < 4.78 is 0. The number of carbonyl (C=O) groups is 1. The highest BCUT2D eigenvalue weighted by Gasteiger charge is 2.42. The van der Waals surface area contributed by atoms with Crippen molar-refractivity contribution < 1.29 is 4.79 Å². The summed E-state index contributed by atoms with van der Waals surface area (Å²) in [5.41, 5.74) is 1.15. The smallest absolute Gasteiger partial charge is 0.220 e. The zero-order valence-corrected chi connectivity index (χ0v) is 14.2. The Morgan fingerprint density at radius 3 is 2.96 bits per heavy atom. The number of aromatic nitrogens is 1. The minimum atomic E-state index is 0.0856. The first-order chi connectivity index (χ1) is 11.7. The third kappa shape index (κ3) is 3.96. The van der Waals surface area contributed by atoms with Crippen molar-refractivity contribution in [2.24, 2.45) is 10.4 Å². The van der Waals surface area contributed by atoms with Gasteiger partial charge in [-0.2, -0.15) is 0 Å². The molecule has 0 saturated carbocycles. The first kappa shape index (κ1) is 16.5. The van der Waals surface area contributed by atoms with Gasteiger partial charge in [-0.05, 0) is 25.0 Å². The van der Waals surface area contributed by atoms with Crippen LogP contribution >= 0.6 is 0 Å². The predicted molar refractivity (Wildman–Crippen MR) is 95.0 cm³/mol. The van der Waals surface area contributed by atoms with Crippen LogP contribution in [-0.4, -0.2) is 61.5 Å². The van der Waals surface area contributed by atoms with Crippen LogP contribution in [0.25, 0.3) is 0 Å². The van der Waals surface area contributed by atoms with Crippen LogP contribution < -0.4 is 16.0 Å². The standard InChI is InChI=1S/C17H26N6O/c1-18-16(21-9-8-20-14-3-6-19-7-4-14)23-10-2-5-17(13-23)11-15(24)22-12-17/h3-4,6-7H,2,5,8-13H2,1H3,(H,18,21)(H,19,20)(H,22,24). The second kappa shape index (κ2) is 7.51. The molecule has 1 aromatic heterocycles. The van der Waals surface area contributed by atoms with Gasteiger partial charge in [-0.15, -0.1) is 0 Å². The van der Waals surface area contributed by atoms with Crippen molar-refractivity contribution in [1.29, 1.82) is 0 Å². The van der Waals surface area contributed by atoms with Crippen molar-refractivity contribution in [2.75, 3.05) is 45.1 Å². The highest BCUT2D eigenvalue weighted by molar-refractivity contribution is 5.81. The molecule has 1 aromatic rings. The summed E-state index contributed by atoms with van der Waals surface area (Å²) in [6.07, 6.45) is 6.41. The van der Waals surface area contributed by atoms with Crippen LogP contribution in [0.4, 0.5) is 5.69 Å². The SMILES string of the molecule is CN=C(NCCNc1ccncc1)N1CCCC2(CNC(=O)C2)C1. The number of amides is 1. The summed E-state index contributed by atoms with van der Waals surface area (Å²) >= 11 is 0. The van der Waals surface area contributed by atoms with E-state index in [1.54, 1.807) is 12.4 Å². The first-order valence-electron chi connectivity index (χ1n) is 8.57. The summed E-state index contributed by atoms with van der Waals surface area (Å²) in [6.45, 7) is 4.28. The van der Waals surface area contributed by atoms with Gasteiger partial charge in [0.15, 0.2) is 5.96 Å². The van der Waals surface area contributed by atoms with Crippen molar-refractivity contribution in [3.63, 3.8) is 0 Å². The van der Waals surface area contributed by atoms with Gasteiger partial charge in [-0.3, -0.25) is 14.8 Å². The van der Waals surface area contributed by atoms with Gasteiger partial charge in [0.2, 0.25) is 5.91 Å². The van der Waals surface area contributed by atoms with Gasteiger partial charge in [-0.25, -0.2) is 0 Å². The Hall–Kier alpha value is -2.31. The minimum absolute atomic E-state index is 0.0856. The molecule has 0 aromatic carbocycles. The van der Waals surface area contributed by atoms with E-state index in [-0.39, 0.29) is 11.3 Å². The molecule has 0 radical (unpaired) electrons. The maximum atomic E-state index is 11.6. The number of nitrogens with zero attached hydrogens (tertiary/aromatic N) is 3. The third-order valence-corrected chi connectivity index (χ3v) is 4.79. The summed E-state index contributed by atoms with van der Waals surface area (Å²) in [7, 11) is 1.82. The maximum absolute atomic E-state index is 11.6. The average molecular weight is 330 g/mol. The molecule has 2 saturated heterocycles. The highest BCUT2D eigenvalue weighted by Crippen LogP contribution is 2.35. The Bertz CT molecular complexity index is 590. The molecule has 7 heteroatoms. The molecule has 2 aliphatic heterocycles. The van der Waals surface area contributed by atoms with Crippen molar-refractivity contribution in [2.45, 2.75) is 19.3 Å². The monoisotopic (exact) mass is 330 g/mol. The van der Waals surface area contributed by atoms with E-state index in [4.69, 9.17) is 0 Å². The van der Waals surface area contributed by atoms with E-state index in [1.807, 2.05) is 19.2 Å². The Morgan fingerprint density at radius 2 is 2.25 bits per heavy atom. The molecule has 3 N–H and O–H groups in total. The van der Waals surface area contributed by atoms with E-state index in [1.165, 1.54) is 0 Å². The molecule has 1 unspecified atom stereocenters. The molecule has 3 rings (SSSR count). The quantitative estimate of drug-likeness (QED) is 0.429. The van der Waals surface area contributed by atoms with Gasteiger partial charge < -0.3 is 20.9 Å². The number of pyridine rings is 1. The van der Waals surface area contributed by atoms with Gasteiger partial charge in [0.25, 0.3) is 0 Å². The van der Waals surface area contributed by atoms with E-state index >= 15 is 0 Å². The lowest BCUT2D eigenvalue weighted by atomic mass is 9.79. The summed E-state index contributed by atoms with van der Waals surface area (Å²) in [6, 6.07) is 3.90. The van der Waals surface area contributed by atoms with E-state index < -0.39 is 0 Å². The number of hydrogen-bond donors (Lipinski definition) is 3. The lowest BCUT2D eigenvalue weighted by molar-refractivity contribution is -0.119. The molecule has 130 valence electrons. The van der Waals surface area contributed by atoms with Gasteiger partial charge >= 0.3 is 0 Å². The molecule has 1 atom stereocenters. The van der Waals surface area contributed by atoms with E-state index in [2.05, 4.69) is 30.8 Å². The summed E-state index contributed by atoms with van der Waals surface area (Å²) in [5, 5.41) is 9.76. The topological polar surface area (TPSA) is 81.7 Å². The van der Waals surface area contributed by atoms with Crippen LogP contribution in [0, 0.1) is 5.41 Å². The van der Waals surface area contributed by atoms with Crippen LogP contribution in [0.5, 0.6) is 0 Å². The number of guanidine groups is 1. The Balaban J connectivity index is 1.48. The zero-order chi connectivity index (χ0) is 16.8. The predicted octanol–water partition coefficient (Wildman–Crippen LogP) is 0.671. The largest absolute Gasteiger partial charge is 0.383 e. The average Bonchev–Trinajstić information content (AvgIpc) is 2.96. The molecule has 0 bridgehead atoms. The molecule has 1 spiro atoms. The van der Waals surface area contributed by atoms with E-state index in [0.717, 1.165) is 57.2 Å². The van der Waals surface area contributed by atoms with Crippen LogP contribution in [0.3, 0.4) is 0 Å². The van der Waals surface area contributed by atoms with E-state index in [0.29, 0.717) is 6.42 Å². The fourth-order valence-electron chi connectivity index (χ4n) is 3.61. The fourth-order valence-corrected chi connectivity index (χ4v) is 3.61. The Kier molecular flexibility index (Phi) is 5.17. The van der Waals surface area contributed by atoms with Gasteiger partial charge in [0, 0.05) is 69.7 Å². The van der Waals surface area contributed by atoms with E-state index in [9.17, 15) is 4.79 Å². The molecule has 24 heavy (non-hydrogen) atoms. The van der Waals surface area contributed by atoms with Crippen LogP contribution in [0.2, 0.25) is 0 Å². The number of piperidine rings is 1. The molecule has 1 amide bonds. The molecule has 7 nitrogen and oxygen atoms in total. The normalized spacial score (nSPS) is 24.1. The summed E-state index contributed by atoms with van der Waals surface area (Å²) in [5.74, 6) is 1.10. The molecule has 0 aliphatic carbocycles. The van der Waals surface area contributed by atoms with Crippen LogP contribution in [-0.2, 0) is 4.79 Å². The molecule has 3 heterocycles. The van der Waals surface area contributed by atoms with Crippen molar-refractivity contribution in [3.8, 4) is 0 Å². The molecule has 2 fully saturated rings. The Labute approximate surface area is 142 Å². The third-order valence-electron chi connectivity index (χ3n) is 4.79. The number of aliphatic imine (C=N–C) groups is 1. The maximum Gasteiger partial charge on any atom is 0.220 e. The van der Waals surface area contributed by atoms with Gasteiger partial charge in [0.1, 0.15) is 0 Å². The number of rotatable bonds is 4.